The Hall–Kier alpha value is -0.0800. The van der Waals surface area contributed by atoms with E-state index >= 15 is 0 Å². The third kappa shape index (κ3) is 3.17. The van der Waals surface area contributed by atoms with Crippen molar-refractivity contribution in [2.75, 3.05) is 19.6 Å². The van der Waals surface area contributed by atoms with Gasteiger partial charge in [-0.05, 0) is 44.4 Å². The maximum absolute atomic E-state index is 4.02. The first-order chi connectivity index (χ1) is 10.1. The molecule has 1 saturated heterocycles. The molecule has 2 heteroatoms. The van der Waals surface area contributed by atoms with E-state index in [0.29, 0.717) is 11.1 Å². The molecule has 1 heterocycles. The van der Waals surface area contributed by atoms with E-state index in [2.05, 4.69) is 31.0 Å². The predicted octanol–water partition coefficient (Wildman–Crippen LogP) is 4.20. The van der Waals surface area contributed by atoms with Gasteiger partial charge in [-0.2, -0.15) is 0 Å². The highest BCUT2D eigenvalue weighted by atomic mass is 15.3. The van der Waals surface area contributed by atoms with Crippen LogP contribution in [0.4, 0.5) is 0 Å². The topological polar surface area (TPSA) is 15.3 Å². The van der Waals surface area contributed by atoms with Gasteiger partial charge in [-0.3, -0.25) is 4.90 Å². The quantitative estimate of drug-likeness (QED) is 0.817. The highest BCUT2D eigenvalue weighted by Crippen LogP contribution is 2.45. The molecule has 3 rings (SSSR count). The molecule has 0 aromatic carbocycles. The molecule has 0 aromatic rings. The smallest absolute Gasteiger partial charge is 0.0335 e. The van der Waals surface area contributed by atoms with Crippen molar-refractivity contribution in [2.24, 2.45) is 11.8 Å². The minimum absolute atomic E-state index is 0.398. The zero-order chi connectivity index (χ0) is 14.9. The van der Waals surface area contributed by atoms with Crippen molar-refractivity contribution in [1.82, 2.24) is 10.2 Å². The van der Waals surface area contributed by atoms with Crippen LogP contribution in [0.2, 0.25) is 0 Å². The minimum atomic E-state index is 0.398. The van der Waals surface area contributed by atoms with Gasteiger partial charge in [0.05, 0.1) is 0 Å². The van der Waals surface area contributed by atoms with Crippen LogP contribution in [0.3, 0.4) is 0 Å². The van der Waals surface area contributed by atoms with Crippen molar-refractivity contribution in [3.05, 3.63) is 0 Å². The second kappa shape index (κ2) is 6.20. The summed E-state index contributed by atoms with van der Waals surface area (Å²) in [6.45, 7) is 11.2. The lowest BCUT2D eigenvalue weighted by Crippen LogP contribution is -2.70. The summed E-state index contributed by atoms with van der Waals surface area (Å²) in [7, 11) is 0. The highest BCUT2D eigenvalue weighted by molar-refractivity contribution is 5.09. The van der Waals surface area contributed by atoms with E-state index in [9.17, 15) is 0 Å². The minimum Gasteiger partial charge on any atom is -0.308 e. The van der Waals surface area contributed by atoms with Gasteiger partial charge in [-0.1, -0.05) is 46.0 Å². The molecule has 0 radical (unpaired) electrons. The van der Waals surface area contributed by atoms with Gasteiger partial charge >= 0.3 is 0 Å². The molecule has 0 bridgehead atoms. The van der Waals surface area contributed by atoms with Crippen molar-refractivity contribution in [3.8, 4) is 0 Å². The molecule has 1 N–H and O–H groups in total. The Kier molecular flexibility index (Phi) is 4.66. The average Bonchev–Trinajstić information content (AvgIpc) is 3.35. The zero-order valence-electron chi connectivity index (χ0n) is 14.6. The van der Waals surface area contributed by atoms with Gasteiger partial charge in [-0.25, -0.2) is 0 Å². The predicted molar refractivity (Wildman–Crippen MR) is 90.6 cm³/mol. The molecule has 122 valence electrons. The average molecular weight is 293 g/mol. The summed E-state index contributed by atoms with van der Waals surface area (Å²) < 4.78 is 0. The molecule has 0 aromatic heterocycles. The third-order valence-corrected chi connectivity index (χ3v) is 6.91. The third-order valence-electron chi connectivity index (χ3n) is 6.91. The molecule has 1 unspecified atom stereocenters. The summed E-state index contributed by atoms with van der Waals surface area (Å²) in [6.07, 6.45) is 12.8. The first-order valence-corrected chi connectivity index (χ1v) is 9.62. The first kappa shape index (κ1) is 15.8. The van der Waals surface area contributed by atoms with Crippen LogP contribution < -0.4 is 5.32 Å². The van der Waals surface area contributed by atoms with Gasteiger partial charge in [0.2, 0.25) is 0 Å². The maximum atomic E-state index is 4.02. The van der Waals surface area contributed by atoms with Crippen LogP contribution in [-0.2, 0) is 0 Å². The van der Waals surface area contributed by atoms with E-state index in [1.165, 1.54) is 77.4 Å². The Morgan fingerprint density at radius 3 is 2.33 bits per heavy atom. The second-order valence-corrected chi connectivity index (χ2v) is 8.39. The number of piperazine rings is 1. The summed E-state index contributed by atoms with van der Waals surface area (Å²) in [5, 5.41) is 4.02. The van der Waals surface area contributed by atoms with Crippen LogP contribution in [0, 0.1) is 11.8 Å². The number of rotatable bonds is 5. The lowest BCUT2D eigenvalue weighted by Gasteiger charge is -2.56. The summed E-state index contributed by atoms with van der Waals surface area (Å²) in [4.78, 5) is 2.96. The molecule has 1 aliphatic heterocycles. The van der Waals surface area contributed by atoms with Gasteiger partial charge in [0.1, 0.15) is 0 Å². The first-order valence-electron chi connectivity index (χ1n) is 9.62. The Bertz CT molecular complexity index is 339. The molecule has 1 spiro atoms. The standard InChI is InChI=1S/C19H36N2/c1-4-16(5-2)13-21-15-18(3,17-9-10-17)20-14-19(21)11-7-6-8-12-19/h16-17,20H,4-15H2,1-3H3. The largest absolute Gasteiger partial charge is 0.308 e. The van der Waals surface area contributed by atoms with Crippen LogP contribution in [0.15, 0.2) is 0 Å². The second-order valence-electron chi connectivity index (χ2n) is 8.39. The molecule has 1 atom stereocenters. The molecule has 2 saturated carbocycles. The van der Waals surface area contributed by atoms with E-state index in [1.54, 1.807) is 0 Å². The summed E-state index contributed by atoms with van der Waals surface area (Å²) in [5.41, 5.74) is 0.893. The molecule has 21 heavy (non-hydrogen) atoms. The number of hydrogen-bond donors (Lipinski definition) is 1. The maximum Gasteiger partial charge on any atom is 0.0335 e. The normalized spacial score (nSPS) is 33.7. The van der Waals surface area contributed by atoms with Crippen LogP contribution in [-0.4, -0.2) is 35.6 Å². The molecular weight excluding hydrogens is 256 g/mol. The Balaban J connectivity index is 1.75. The van der Waals surface area contributed by atoms with Gasteiger partial charge in [0.15, 0.2) is 0 Å². The number of nitrogens with one attached hydrogen (secondary N) is 1. The van der Waals surface area contributed by atoms with Gasteiger partial charge in [0.25, 0.3) is 0 Å². The van der Waals surface area contributed by atoms with Crippen molar-refractivity contribution in [3.63, 3.8) is 0 Å². The molecule has 0 amide bonds. The Labute approximate surface area is 132 Å². The van der Waals surface area contributed by atoms with Crippen molar-refractivity contribution >= 4 is 0 Å². The fourth-order valence-electron chi connectivity index (χ4n) is 4.91. The van der Waals surface area contributed by atoms with Crippen molar-refractivity contribution in [2.45, 2.75) is 89.6 Å². The molecular formula is C19H36N2. The Morgan fingerprint density at radius 2 is 1.76 bits per heavy atom. The lowest BCUT2D eigenvalue weighted by atomic mass is 9.75. The van der Waals surface area contributed by atoms with Gasteiger partial charge in [-0.15, -0.1) is 0 Å². The number of nitrogens with zero attached hydrogens (tertiary/aromatic N) is 1. The van der Waals surface area contributed by atoms with Gasteiger partial charge in [0, 0.05) is 30.7 Å². The van der Waals surface area contributed by atoms with Crippen molar-refractivity contribution < 1.29 is 0 Å². The Morgan fingerprint density at radius 1 is 1.10 bits per heavy atom. The zero-order valence-corrected chi connectivity index (χ0v) is 14.6. The number of hydrogen-bond acceptors (Lipinski definition) is 2. The lowest BCUT2D eigenvalue weighted by molar-refractivity contribution is -0.0304. The summed E-state index contributed by atoms with van der Waals surface area (Å²) in [5.74, 6) is 1.84. The fourth-order valence-corrected chi connectivity index (χ4v) is 4.91. The highest BCUT2D eigenvalue weighted by Gasteiger charge is 2.51. The summed E-state index contributed by atoms with van der Waals surface area (Å²) in [6, 6.07) is 0. The SMILES string of the molecule is CCC(CC)CN1CC(C)(C2CC2)NCC12CCCCC2. The van der Waals surface area contributed by atoms with E-state index in [4.69, 9.17) is 0 Å². The monoisotopic (exact) mass is 292 g/mol. The van der Waals surface area contributed by atoms with Crippen LogP contribution >= 0.6 is 0 Å². The van der Waals surface area contributed by atoms with E-state index in [1.807, 2.05) is 0 Å². The fraction of sp³-hybridized carbons (Fsp3) is 1.00. The van der Waals surface area contributed by atoms with Crippen LogP contribution in [0.5, 0.6) is 0 Å². The molecule has 2 aliphatic carbocycles. The molecule has 2 nitrogen and oxygen atoms in total. The van der Waals surface area contributed by atoms with E-state index in [-0.39, 0.29) is 0 Å². The molecule has 3 aliphatic rings. The van der Waals surface area contributed by atoms with Crippen molar-refractivity contribution in [1.29, 1.82) is 0 Å². The van der Waals surface area contributed by atoms with Gasteiger partial charge < -0.3 is 5.32 Å². The van der Waals surface area contributed by atoms with E-state index < -0.39 is 0 Å². The van der Waals surface area contributed by atoms with Crippen LogP contribution in [0.1, 0.15) is 78.6 Å². The van der Waals surface area contributed by atoms with Crippen LogP contribution in [0.25, 0.3) is 0 Å². The van der Waals surface area contributed by atoms with E-state index in [0.717, 1.165) is 11.8 Å². The molecule has 3 fully saturated rings. The summed E-state index contributed by atoms with van der Waals surface area (Å²) >= 11 is 0.